The van der Waals surface area contributed by atoms with Gasteiger partial charge in [0.2, 0.25) is 0 Å². The fourth-order valence-corrected chi connectivity index (χ4v) is 2.79. The summed E-state index contributed by atoms with van der Waals surface area (Å²) in [6.45, 7) is 0.809. The van der Waals surface area contributed by atoms with Crippen LogP contribution in [0.4, 0.5) is 5.69 Å². The van der Waals surface area contributed by atoms with E-state index in [0.29, 0.717) is 22.2 Å². The largest absolute Gasteiger partial charge is 0.398 e. The summed E-state index contributed by atoms with van der Waals surface area (Å²) in [6, 6.07) is 5.19. The average molecular weight is 267 g/mol. The Labute approximate surface area is 113 Å². The molecule has 18 heavy (non-hydrogen) atoms. The second kappa shape index (κ2) is 5.61. The lowest BCUT2D eigenvalue weighted by Crippen LogP contribution is -2.31. The van der Waals surface area contributed by atoms with E-state index in [-0.39, 0.29) is 5.91 Å². The van der Waals surface area contributed by atoms with Crippen LogP contribution in [0.3, 0.4) is 0 Å². The van der Waals surface area contributed by atoms with Gasteiger partial charge in [0.15, 0.2) is 0 Å². The summed E-state index contributed by atoms with van der Waals surface area (Å²) in [7, 11) is 1.83. The molecule has 4 heteroatoms. The van der Waals surface area contributed by atoms with Crippen LogP contribution in [0.1, 0.15) is 36.0 Å². The molecule has 0 aliphatic heterocycles. The van der Waals surface area contributed by atoms with Crippen molar-refractivity contribution in [2.45, 2.75) is 25.7 Å². The normalized spacial score (nSPS) is 15.9. The number of amides is 1. The third-order valence-corrected chi connectivity index (χ3v) is 4.03. The van der Waals surface area contributed by atoms with Crippen molar-refractivity contribution in [3.63, 3.8) is 0 Å². The van der Waals surface area contributed by atoms with Gasteiger partial charge in [0.1, 0.15) is 0 Å². The average Bonchev–Trinajstić information content (AvgIpc) is 2.84. The number of carbonyl (C=O) groups is 1. The minimum atomic E-state index is -0.0424. The molecule has 1 saturated carbocycles. The zero-order valence-electron chi connectivity index (χ0n) is 10.7. The number of benzene rings is 1. The van der Waals surface area contributed by atoms with E-state index in [1.165, 1.54) is 25.7 Å². The van der Waals surface area contributed by atoms with Crippen LogP contribution < -0.4 is 5.73 Å². The predicted molar refractivity (Wildman–Crippen MR) is 74.8 cm³/mol. The van der Waals surface area contributed by atoms with Crippen molar-refractivity contribution >= 4 is 23.2 Å². The summed E-state index contributed by atoms with van der Waals surface area (Å²) < 4.78 is 0. The molecular formula is C14H19ClN2O. The molecule has 2 N–H and O–H groups in total. The van der Waals surface area contributed by atoms with Crippen molar-refractivity contribution in [1.82, 2.24) is 4.90 Å². The highest BCUT2D eigenvalue weighted by molar-refractivity contribution is 6.36. The molecule has 0 atom stereocenters. The highest BCUT2D eigenvalue weighted by Gasteiger charge is 2.21. The van der Waals surface area contributed by atoms with E-state index in [9.17, 15) is 4.79 Å². The Morgan fingerprint density at radius 3 is 2.78 bits per heavy atom. The lowest BCUT2D eigenvalue weighted by Gasteiger charge is -2.21. The van der Waals surface area contributed by atoms with E-state index in [0.717, 1.165) is 6.54 Å². The SMILES string of the molecule is CN(CC1CCCC1)C(=O)c1cccc(N)c1Cl. The van der Waals surface area contributed by atoms with E-state index in [1.807, 2.05) is 7.05 Å². The third-order valence-electron chi connectivity index (χ3n) is 3.61. The van der Waals surface area contributed by atoms with E-state index in [4.69, 9.17) is 17.3 Å². The molecule has 1 aliphatic rings. The van der Waals surface area contributed by atoms with E-state index >= 15 is 0 Å². The number of carbonyl (C=O) groups excluding carboxylic acids is 1. The third kappa shape index (κ3) is 2.78. The van der Waals surface area contributed by atoms with Crippen LogP contribution >= 0.6 is 11.6 Å². The number of hydrogen-bond donors (Lipinski definition) is 1. The zero-order valence-corrected chi connectivity index (χ0v) is 11.4. The fraction of sp³-hybridized carbons (Fsp3) is 0.500. The van der Waals surface area contributed by atoms with Crippen molar-refractivity contribution in [3.05, 3.63) is 28.8 Å². The van der Waals surface area contributed by atoms with Crippen LogP contribution in [0.5, 0.6) is 0 Å². The Morgan fingerprint density at radius 2 is 2.11 bits per heavy atom. The van der Waals surface area contributed by atoms with Gasteiger partial charge in [-0.3, -0.25) is 4.79 Å². The number of anilines is 1. The Bertz CT molecular complexity index is 441. The maximum atomic E-state index is 12.3. The Hall–Kier alpha value is -1.22. The van der Waals surface area contributed by atoms with Crippen molar-refractivity contribution in [2.75, 3.05) is 19.3 Å². The second-order valence-electron chi connectivity index (χ2n) is 5.04. The van der Waals surface area contributed by atoms with Crippen molar-refractivity contribution in [2.24, 2.45) is 5.92 Å². The van der Waals surface area contributed by atoms with Gasteiger partial charge in [-0.25, -0.2) is 0 Å². The molecule has 2 rings (SSSR count). The Balaban J connectivity index is 2.07. The lowest BCUT2D eigenvalue weighted by molar-refractivity contribution is 0.0773. The molecule has 0 bridgehead atoms. The van der Waals surface area contributed by atoms with Gasteiger partial charge >= 0.3 is 0 Å². The van der Waals surface area contributed by atoms with Crippen LogP contribution in [-0.4, -0.2) is 24.4 Å². The van der Waals surface area contributed by atoms with E-state index in [1.54, 1.807) is 23.1 Å². The molecule has 1 amide bonds. The zero-order chi connectivity index (χ0) is 13.1. The molecule has 0 aromatic heterocycles. The van der Waals surface area contributed by atoms with Crippen molar-refractivity contribution in [3.8, 4) is 0 Å². The summed E-state index contributed by atoms with van der Waals surface area (Å²) in [4.78, 5) is 14.1. The number of nitrogens with two attached hydrogens (primary N) is 1. The predicted octanol–water partition coefficient (Wildman–Crippen LogP) is 3.18. The van der Waals surface area contributed by atoms with Crippen LogP contribution in [0.25, 0.3) is 0 Å². The van der Waals surface area contributed by atoms with Crippen LogP contribution in [0, 0.1) is 5.92 Å². The number of hydrogen-bond acceptors (Lipinski definition) is 2. The second-order valence-corrected chi connectivity index (χ2v) is 5.42. The van der Waals surface area contributed by atoms with Crippen molar-refractivity contribution in [1.29, 1.82) is 0 Å². The highest BCUT2D eigenvalue weighted by Crippen LogP contribution is 2.27. The van der Waals surface area contributed by atoms with Gasteiger partial charge in [0.25, 0.3) is 5.91 Å². The molecule has 0 unspecified atom stereocenters. The van der Waals surface area contributed by atoms with Crippen LogP contribution in [0.15, 0.2) is 18.2 Å². The minimum absolute atomic E-state index is 0.0424. The van der Waals surface area contributed by atoms with Gasteiger partial charge in [-0.05, 0) is 30.9 Å². The van der Waals surface area contributed by atoms with Gasteiger partial charge in [0.05, 0.1) is 16.3 Å². The van der Waals surface area contributed by atoms with E-state index in [2.05, 4.69) is 0 Å². The monoisotopic (exact) mass is 266 g/mol. The molecular weight excluding hydrogens is 248 g/mol. The van der Waals surface area contributed by atoms with Gasteiger partial charge < -0.3 is 10.6 Å². The molecule has 0 heterocycles. The topological polar surface area (TPSA) is 46.3 Å². The molecule has 0 radical (unpaired) electrons. The Morgan fingerprint density at radius 1 is 1.44 bits per heavy atom. The molecule has 1 aromatic carbocycles. The van der Waals surface area contributed by atoms with Gasteiger partial charge in [0, 0.05) is 13.6 Å². The summed E-state index contributed by atoms with van der Waals surface area (Å²) in [5, 5.41) is 0.362. The summed E-state index contributed by atoms with van der Waals surface area (Å²) in [5.41, 5.74) is 6.67. The molecule has 0 saturated heterocycles. The van der Waals surface area contributed by atoms with Crippen molar-refractivity contribution < 1.29 is 4.79 Å². The molecule has 98 valence electrons. The van der Waals surface area contributed by atoms with Crippen LogP contribution in [0.2, 0.25) is 5.02 Å². The number of nitrogen functional groups attached to an aromatic ring is 1. The first-order chi connectivity index (χ1) is 8.59. The smallest absolute Gasteiger partial charge is 0.255 e. The molecule has 1 fully saturated rings. The maximum absolute atomic E-state index is 12.3. The first-order valence-corrected chi connectivity index (χ1v) is 6.77. The fourth-order valence-electron chi connectivity index (χ4n) is 2.58. The maximum Gasteiger partial charge on any atom is 0.255 e. The summed E-state index contributed by atoms with van der Waals surface area (Å²) >= 11 is 6.08. The molecule has 1 aliphatic carbocycles. The molecule has 3 nitrogen and oxygen atoms in total. The lowest BCUT2D eigenvalue weighted by atomic mass is 10.1. The number of nitrogens with zero attached hydrogens (tertiary/aromatic N) is 1. The molecule has 1 aromatic rings. The Kier molecular flexibility index (Phi) is 4.12. The first kappa shape index (κ1) is 13.2. The first-order valence-electron chi connectivity index (χ1n) is 6.39. The number of halogens is 1. The summed E-state index contributed by atoms with van der Waals surface area (Å²) in [6.07, 6.45) is 5.02. The quantitative estimate of drug-likeness (QED) is 0.854. The van der Waals surface area contributed by atoms with Gasteiger partial charge in [-0.15, -0.1) is 0 Å². The summed E-state index contributed by atoms with van der Waals surface area (Å²) in [5.74, 6) is 0.595. The standard InChI is InChI=1S/C14H19ClN2O/c1-17(9-10-5-2-3-6-10)14(18)11-7-4-8-12(16)13(11)15/h4,7-8,10H,2-3,5-6,9,16H2,1H3. The van der Waals surface area contributed by atoms with Gasteiger partial charge in [-0.1, -0.05) is 30.5 Å². The van der Waals surface area contributed by atoms with Crippen LogP contribution in [-0.2, 0) is 0 Å². The number of rotatable bonds is 3. The highest BCUT2D eigenvalue weighted by atomic mass is 35.5. The van der Waals surface area contributed by atoms with Gasteiger partial charge in [-0.2, -0.15) is 0 Å². The van der Waals surface area contributed by atoms with E-state index < -0.39 is 0 Å². The molecule has 0 spiro atoms. The minimum Gasteiger partial charge on any atom is -0.398 e.